The van der Waals surface area contributed by atoms with E-state index in [0.717, 1.165) is 0 Å². The number of carboxylic acids is 1. The lowest BCUT2D eigenvalue weighted by Gasteiger charge is -2.17. The van der Waals surface area contributed by atoms with Crippen LogP contribution in [0.2, 0.25) is 5.15 Å². The Morgan fingerprint density at radius 1 is 1.50 bits per heavy atom. The summed E-state index contributed by atoms with van der Waals surface area (Å²) >= 11 is 5.98. The van der Waals surface area contributed by atoms with Gasteiger partial charge in [0.15, 0.2) is 5.69 Å². The fraction of sp³-hybridized carbons (Fsp3) is 0.556. The van der Waals surface area contributed by atoms with Crippen LogP contribution in [0.25, 0.3) is 0 Å². The molecule has 1 aromatic heterocycles. The number of hydrogen-bond donors (Lipinski definition) is 1. The van der Waals surface area contributed by atoms with E-state index in [0.29, 0.717) is 10.7 Å². The first-order valence-electron chi connectivity index (χ1n) is 4.21. The Bertz CT molecular complexity index is 377. The molecular formula is C9H13ClN2O2. The highest BCUT2D eigenvalue weighted by molar-refractivity contribution is 6.31. The predicted molar refractivity (Wildman–Crippen MR) is 53.9 cm³/mol. The van der Waals surface area contributed by atoms with E-state index in [1.54, 1.807) is 7.05 Å². The van der Waals surface area contributed by atoms with E-state index in [1.165, 1.54) is 4.68 Å². The van der Waals surface area contributed by atoms with Crippen LogP contribution in [0.4, 0.5) is 0 Å². The van der Waals surface area contributed by atoms with Crippen LogP contribution < -0.4 is 0 Å². The van der Waals surface area contributed by atoms with Gasteiger partial charge in [0.25, 0.3) is 0 Å². The van der Waals surface area contributed by atoms with Gasteiger partial charge in [-0.1, -0.05) is 32.4 Å². The molecule has 14 heavy (non-hydrogen) atoms. The quantitative estimate of drug-likeness (QED) is 0.782. The van der Waals surface area contributed by atoms with Crippen molar-refractivity contribution in [2.75, 3.05) is 0 Å². The second kappa shape index (κ2) is 3.28. The van der Waals surface area contributed by atoms with Crippen LogP contribution in [0.15, 0.2) is 0 Å². The number of aromatic carboxylic acids is 1. The number of carbonyl (C=O) groups is 1. The number of aryl methyl sites for hydroxylation is 1. The summed E-state index contributed by atoms with van der Waals surface area (Å²) in [5.74, 6) is -1.04. The molecule has 1 rings (SSSR count). The Hall–Kier alpha value is -1.03. The van der Waals surface area contributed by atoms with Gasteiger partial charge in [-0.05, 0) is 5.41 Å². The average molecular weight is 217 g/mol. The molecule has 0 unspecified atom stereocenters. The smallest absolute Gasteiger partial charge is 0.356 e. The molecule has 0 aliphatic heterocycles. The molecule has 0 saturated carbocycles. The summed E-state index contributed by atoms with van der Waals surface area (Å²) in [4.78, 5) is 10.9. The molecule has 1 N–H and O–H groups in total. The third-order valence-electron chi connectivity index (χ3n) is 1.93. The lowest BCUT2D eigenvalue weighted by molar-refractivity contribution is 0.0687. The van der Waals surface area contributed by atoms with Gasteiger partial charge < -0.3 is 5.11 Å². The van der Waals surface area contributed by atoms with E-state index in [-0.39, 0.29) is 11.1 Å². The van der Waals surface area contributed by atoms with Crippen LogP contribution in [0.3, 0.4) is 0 Å². The summed E-state index contributed by atoms with van der Waals surface area (Å²) in [5.41, 5.74) is 0.290. The molecule has 78 valence electrons. The Morgan fingerprint density at radius 2 is 2.00 bits per heavy atom. The van der Waals surface area contributed by atoms with Gasteiger partial charge >= 0.3 is 5.97 Å². The number of nitrogens with zero attached hydrogens (tertiary/aromatic N) is 2. The molecule has 0 fully saturated rings. The molecule has 0 atom stereocenters. The summed E-state index contributed by atoms with van der Waals surface area (Å²) in [6.45, 7) is 5.72. The third-order valence-corrected chi connectivity index (χ3v) is 2.36. The van der Waals surface area contributed by atoms with Crippen molar-refractivity contribution in [3.8, 4) is 0 Å². The number of rotatable bonds is 1. The van der Waals surface area contributed by atoms with E-state index in [4.69, 9.17) is 16.7 Å². The third kappa shape index (κ3) is 1.75. The minimum atomic E-state index is -1.04. The van der Waals surface area contributed by atoms with Crippen molar-refractivity contribution in [3.63, 3.8) is 0 Å². The molecule has 1 aromatic rings. The molecule has 0 aliphatic carbocycles. The van der Waals surface area contributed by atoms with E-state index >= 15 is 0 Å². The summed E-state index contributed by atoms with van der Waals surface area (Å²) in [5, 5.41) is 13.2. The van der Waals surface area contributed by atoms with Crippen LogP contribution in [-0.2, 0) is 12.5 Å². The van der Waals surface area contributed by atoms with Crippen molar-refractivity contribution in [2.45, 2.75) is 26.2 Å². The molecule has 5 heteroatoms. The van der Waals surface area contributed by atoms with Crippen molar-refractivity contribution >= 4 is 17.6 Å². The normalized spacial score (nSPS) is 11.8. The molecule has 0 radical (unpaired) electrons. The van der Waals surface area contributed by atoms with Gasteiger partial charge in [-0.3, -0.25) is 4.68 Å². The number of hydrogen-bond acceptors (Lipinski definition) is 2. The van der Waals surface area contributed by atoms with Crippen molar-refractivity contribution in [1.29, 1.82) is 0 Å². The topological polar surface area (TPSA) is 55.1 Å². The van der Waals surface area contributed by atoms with Crippen LogP contribution >= 0.6 is 11.6 Å². The summed E-state index contributed by atoms with van der Waals surface area (Å²) < 4.78 is 1.38. The van der Waals surface area contributed by atoms with Crippen molar-refractivity contribution in [3.05, 3.63) is 16.4 Å². The minimum absolute atomic E-state index is 0.0324. The molecule has 1 heterocycles. The fourth-order valence-corrected chi connectivity index (χ4v) is 1.73. The Morgan fingerprint density at radius 3 is 2.29 bits per heavy atom. The van der Waals surface area contributed by atoms with Crippen LogP contribution in [-0.4, -0.2) is 20.9 Å². The first-order valence-corrected chi connectivity index (χ1v) is 4.59. The summed E-state index contributed by atoms with van der Waals surface area (Å²) in [6.07, 6.45) is 0. The van der Waals surface area contributed by atoms with E-state index in [2.05, 4.69) is 5.10 Å². The predicted octanol–water partition coefficient (Wildman–Crippen LogP) is 2.07. The number of aromatic nitrogens is 2. The van der Waals surface area contributed by atoms with Gasteiger partial charge in [-0.2, -0.15) is 5.10 Å². The van der Waals surface area contributed by atoms with Gasteiger partial charge in [0, 0.05) is 12.6 Å². The molecule has 0 bridgehead atoms. The number of halogens is 1. The highest BCUT2D eigenvalue weighted by Gasteiger charge is 2.29. The lowest BCUT2D eigenvalue weighted by atomic mass is 9.87. The molecule has 0 aromatic carbocycles. The zero-order chi connectivity index (χ0) is 11.1. The summed E-state index contributed by atoms with van der Waals surface area (Å²) in [7, 11) is 1.63. The Labute approximate surface area is 87.5 Å². The van der Waals surface area contributed by atoms with Crippen LogP contribution in [0, 0.1) is 0 Å². The number of carboxylic acid groups (broad SMARTS) is 1. The molecule has 0 amide bonds. The van der Waals surface area contributed by atoms with Crippen molar-refractivity contribution in [2.24, 2.45) is 7.05 Å². The average Bonchev–Trinajstić information content (AvgIpc) is 2.27. The molecule has 0 saturated heterocycles. The van der Waals surface area contributed by atoms with Gasteiger partial charge in [0.05, 0.1) is 0 Å². The van der Waals surface area contributed by atoms with E-state index in [9.17, 15) is 4.79 Å². The Kier molecular flexibility index (Phi) is 2.58. The zero-order valence-electron chi connectivity index (χ0n) is 8.63. The van der Waals surface area contributed by atoms with Gasteiger partial charge in [-0.15, -0.1) is 0 Å². The highest BCUT2D eigenvalue weighted by Crippen LogP contribution is 2.31. The first kappa shape index (κ1) is 11.0. The van der Waals surface area contributed by atoms with Gasteiger partial charge in [0.1, 0.15) is 5.15 Å². The van der Waals surface area contributed by atoms with Gasteiger partial charge in [-0.25, -0.2) is 4.79 Å². The van der Waals surface area contributed by atoms with Crippen molar-refractivity contribution in [1.82, 2.24) is 9.78 Å². The highest BCUT2D eigenvalue weighted by atomic mass is 35.5. The zero-order valence-corrected chi connectivity index (χ0v) is 9.38. The monoisotopic (exact) mass is 216 g/mol. The molecule has 4 nitrogen and oxygen atoms in total. The largest absolute Gasteiger partial charge is 0.476 e. The molecular weight excluding hydrogens is 204 g/mol. The maximum Gasteiger partial charge on any atom is 0.356 e. The van der Waals surface area contributed by atoms with Crippen LogP contribution in [0.1, 0.15) is 36.8 Å². The second-order valence-electron chi connectivity index (χ2n) is 4.19. The van der Waals surface area contributed by atoms with E-state index in [1.807, 2.05) is 20.8 Å². The second-order valence-corrected chi connectivity index (χ2v) is 4.55. The van der Waals surface area contributed by atoms with Crippen LogP contribution in [0.5, 0.6) is 0 Å². The SMILES string of the molecule is Cn1nc(C(=O)O)c(C(C)(C)C)c1Cl. The first-order chi connectivity index (χ1) is 6.25. The van der Waals surface area contributed by atoms with Gasteiger partial charge in [0.2, 0.25) is 0 Å². The van der Waals surface area contributed by atoms with E-state index < -0.39 is 5.97 Å². The lowest BCUT2D eigenvalue weighted by Crippen LogP contribution is -2.16. The standard InChI is InChI=1S/C9H13ClN2O2/c1-9(2,3)5-6(8(13)14)11-12(4)7(5)10/h1-4H3,(H,13,14). The summed E-state index contributed by atoms with van der Waals surface area (Å²) in [6, 6.07) is 0. The minimum Gasteiger partial charge on any atom is -0.476 e. The fourth-order valence-electron chi connectivity index (χ4n) is 1.32. The van der Waals surface area contributed by atoms with Crippen molar-refractivity contribution < 1.29 is 9.90 Å². The maximum absolute atomic E-state index is 10.9. The maximum atomic E-state index is 10.9. The molecule has 0 aliphatic rings. The Balaban J connectivity index is 3.46. The molecule has 0 spiro atoms.